The second-order valence-corrected chi connectivity index (χ2v) is 3.69. The van der Waals surface area contributed by atoms with Gasteiger partial charge in [-0.2, -0.15) is 0 Å². The lowest BCUT2D eigenvalue weighted by molar-refractivity contribution is 0.0586. The summed E-state index contributed by atoms with van der Waals surface area (Å²) >= 11 is 0. The number of carbonyl (C=O) groups is 1. The van der Waals surface area contributed by atoms with Crippen molar-refractivity contribution >= 4 is 11.8 Å². The molecule has 0 radical (unpaired) electrons. The molecule has 0 amide bonds. The van der Waals surface area contributed by atoms with Gasteiger partial charge in [-0.05, 0) is 20.3 Å². The van der Waals surface area contributed by atoms with E-state index in [-0.39, 0.29) is 5.82 Å². The number of esters is 1. The molecule has 0 aromatic carbocycles. The Labute approximate surface area is 107 Å². The van der Waals surface area contributed by atoms with E-state index in [0.29, 0.717) is 12.4 Å². The molecule has 18 heavy (non-hydrogen) atoms. The molecule has 0 saturated carbocycles. The van der Waals surface area contributed by atoms with Crippen molar-refractivity contribution in [2.45, 2.75) is 20.3 Å². The summed E-state index contributed by atoms with van der Waals surface area (Å²) in [6.07, 6.45) is 0.879. The summed E-state index contributed by atoms with van der Waals surface area (Å²) in [4.78, 5) is 19.4. The molecular formula is C12H19N3O3. The molecule has 0 unspecified atom stereocenters. The number of nitrogens with zero attached hydrogens (tertiary/aromatic N) is 2. The lowest BCUT2D eigenvalue weighted by Gasteiger charge is -2.07. The molecule has 0 atom stereocenters. The maximum atomic E-state index is 11.3. The normalized spacial score (nSPS) is 10.2. The zero-order valence-corrected chi connectivity index (χ0v) is 11.0. The molecule has 0 aliphatic rings. The maximum absolute atomic E-state index is 11.3. The number of methoxy groups -OCH3 is 1. The Morgan fingerprint density at radius 3 is 2.89 bits per heavy atom. The second kappa shape index (κ2) is 7.60. The number of hydrogen-bond acceptors (Lipinski definition) is 6. The van der Waals surface area contributed by atoms with E-state index in [1.165, 1.54) is 7.11 Å². The average molecular weight is 253 g/mol. The maximum Gasteiger partial charge on any atom is 0.376 e. The summed E-state index contributed by atoms with van der Waals surface area (Å²) in [5, 5.41) is 3.12. The van der Waals surface area contributed by atoms with E-state index in [0.717, 1.165) is 25.3 Å². The van der Waals surface area contributed by atoms with Crippen LogP contribution in [0.2, 0.25) is 0 Å². The van der Waals surface area contributed by atoms with Gasteiger partial charge < -0.3 is 14.8 Å². The fraction of sp³-hybridized carbons (Fsp3) is 0.583. The largest absolute Gasteiger partial charge is 0.463 e. The summed E-state index contributed by atoms with van der Waals surface area (Å²) in [5.41, 5.74) is 0.720. The van der Waals surface area contributed by atoms with Crippen molar-refractivity contribution in [3.05, 3.63) is 17.6 Å². The third kappa shape index (κ3) is 4.67. The van der Waals surface area contributed by atoms with Gasteiger partial charge in [-0.15, -0.1) is 0 Å². The van der Waals surface area contributed by atoms with E-state index < -0.39 is 5.97 Å². The van der Waals surface area contributed by atoms with Crippen LogP contribution < -0.4 is 5.32 Å². The SMILES string of the molecule is CCOCCCNc1cc(C)nc(C(=O)OC)n1. The van der Waals surface area contributed by atoms with Crippen LogP contribution in [0.15, 0.2) is 6.07 Å². The Morgan fingerprint density at radius 1 is 1.44 bits per heavy atom. The third-order valence-corrected chi connectivity index (χ3v) is 2.20. The first kappa shape index (κ1) is 14.4. The molecule has 0 aliphatic heterocycles. The van der Waals surface area contributed by atoms with Gasteiger partial charge in [-0.25, -0.2) is 14.8 Å². The van der Waals surface area contributed by atoms with Gasteiger partial charge in [0.15, 0.2) is 0 Å². The first-order valence-electron chi connectivity index (χ1n) is 5.93. The number of ether oxygens (including phenoxy) is 2. The topological polar surface area (TPSA) is 73.3 Å². The van der Waals surface area contributed by atoms with Gasteiger partial charge in [0.25, 0.3) is 0 Å². The number of anilines is 1. The van der Waals surface area contributed by atoms with E-state index in [9.17, 15) is 4.79 Å². The molecule has 6 nitrogen and oxygen atoms in total. The molecule has 1 aromatic rings. The molecule has 1 N–H and O–H groups in total. The number of carbonyl (C=O) groups excluding carboxylic acids is 1. The van der Waals surface area contributed by atoms with Gasteiger partial charge in [-0.3, -0.25) is 0 Å². The van der Waals surface area contributed by atoms with Crippen LogP contribution in [0.25, 0.3) is 0 Å². The lowest BCUT2D eigenvalue weighted by atomic mass is 10.4. The van der Waals surface area contributed by atoms with Crippen molar-refractivity contribution in [2.24, 2.45) is 0 Å². The summed E-state index contributed by atoms with van der Waals surface area (Å²) in [6.45, 7) is 5.93. The van der Waals surface area contributed by atoms with Crippen LogP contribution in [0.1, 0.15) is 29.7 Å². The van der Waals surface area contributed by atoms with Gasteiger partial charge in [0.2, 0.25) is 5.82 Å². The van der Waals surface area contributed by atoms with E-state index in [1.807, 2.05) is 6.92 Å². The highest BCUT2D eigenvalue weighted by molar-refractivity contribution is 5.85. The molecule has 1 heterocycles. The number of nitrogens with one attached hydrogen (secondary N) is 1. The summed E-state index contributed by atoms with van der Waals surface area (Å²) in [5.74, 6) is 0.167. The van der Waals surface area contributed by atoms with Crippen LogP contribution in [0.5, 0.6) is 0 Å². The van der Waals surface area contributed by atoms with Crippen molar-refractivity contribution in [1.29, 1.82) is 0 Å². The molecule has 6 heteroatoms. The summed E-state index contributed by atoms with van der Waals surface area (Å²) < 4.78 is 9.82. The highest BCUT2D eigenvalue weighted by atomic mass is 16.5. The molecule has 0 fully saturated rings. The Bertz CT molecular complexity index is 396. The lowest BCUT2D eigenvalue weighted by Crippen LogP contribution is -2.12. The quantitative estimate of drug-likeness (QED) is 0.585. The van der Waals surface area contributed by atoms with Crippen LogP contribution in [0.4, 0.5) is 5.82 Å². The minimum Gasteiger partial charge on any atom is -0.463 e. The van der Waals surface area contributed by atoms with E-state index in [2.05, 4.69) is 20.0 Å². The summed E-state index contributed by atoms with van der Waals surface area (Å²) in [6, 6.07) is 1.78. The van der Waals surface area contributed by atoms with Crippen molar-refractivity contribution < 1.29 is 14.3 Å². The first-order chi connectivity index (χ1) is 8.67. The molecule has 0 saturated heterocycles. The standard InChI is InChI=1S/C12H19N3O3/c1-4-18-7-5-6-13-10-8-9(2)14-11(15-10)12(16)17-3/h8H,4-7H2,1-3H3,(H,13,14,15). The van der Waals surface area contributed by atoms with Crippen molar-refractivity contribution in [2.75, 3.05) is 32.2 Å². The highest BCUT2D eigenvalue weighted by Gasteiger charge is 2.10. The van der Waals surface area contributed by atoms with Gasteiger partial charge >= 0.3 is 5.97 Å². The zero-order valence-electron chi connectivity index (χ0n) is 11.0. The molecule has 100 valence electrons. The Hall–Kier alpha value is -1.69. The Balaban J connectivity index is 2.55. The van der Waals surface area contributed by atoms with Crippen LogP contribution in [0, 0.1) is 6.92 Å². The third-order valence-electron chi connectivity index (χ3n) is 2.20. The molecule has 0 spiro atoms. The van der Waals surface area contributed by atoms with Crippen LogP contribution in [-0.4, -0.2) is 42.8 Å². The first-order valence-corrected chi connectivity index (χ1v) is 5.93. The zero-order chi connectivity index (χ0) is 13.4. The van der Waals surface area contributed by atoms with Gasteiger partial charge in [0, 0.05) is 31.5 Å². The number of aryl methyl sites for hydroxylation is 1. The van der Waals surface area contributed by atoms with Crippen molar-refractivity contribution in [1.82, 2.24) is 9.97 Å². The van der Waals surface area contributed by atoms with Crippen molar-refractivity contribution in [3.8, 4) is 0 Å². The average Bonchev–Trinajstić information content (AvgIpc) is 2.37. The van der Waals surface area contributed by atoms with Crippen molar-refractivity contribution in [3.63, 3.8) is 0 Å². The van der Waals surface area contributed by atoms with Gasteiger partial charge in [-0.1, -0.05) is 0 Å². The minimum atomic E-state index is -0.531. The number of rotatable bonds is 7. The van der Waals surface area contributed by atoms with Crippen LogP contribution >= 0.6 is 0 Å². The van der Waals surface area contributed by atoms with Gasteiger partial charge in [0.05, 0.1) is 7.11 Å². The number of aromatic nitrogens is 2. The molecule has 0 bridgehead atoms. The minimum absolute atomic E-state index is 0.0739. The molecular weight excluding hydrogens is 234 g/mol. The van der Waals surface area contributed by atoms with Crippen LogP contribution in [-0.2, 0) is 9.47 Å². The number of hydrogen-bond donors (Lipinski definition) is 1. The predicted molar refractivity (Wildman–Crippen MR) is 67.7 cm³/mol. The fourth-order valence-electron chi connectivity index (χ4n) is 1.38. The molecule has 1 aromatic heterocycles. The second-order valence-electron chi connectivity index (χ2n) is 3.69. The smallest absolute Gasteiger partial charge is 0.376 e. The predicted octanol–water partition coefficient (Wildman–Crippen LogP) is 1.41. The van der Waals surface area contributed by atoms with Crippen LogP contribution in [0.3, 0.4) is 0 Å². The van der Waals surface area contributed by atoms with E-state index in [1.54, 1.807) is 13.0 Å². The summed E-state index contributed by atoms with van der Waals surface area (Å²) in [7, 11) is 1.31. The van der Waals surface area contributed by atoms with E-state index in [4.69, 9.17) is 4.74 Å². The van der Waals surface area contributed by atoms with E-state index >= 15 is 0 Å². The fourth-order valence-corrected chi connectivity index (χ4v) is 1.38. The Kier molecular flexibility index (Phi) is 6.07. The molecule has 1 rings (SSSR count). The monoisotopic (exact) mass is 253 g/mol. The molecule has 0 aliphatic carbocycles. The highest BCUT2D eigenvalue weighted by Crippen LogP contribution is 2.07. The van der Waals surface area contributed by atoms with Gasteiger partial charge in [0.1, 0.15) is 5.82 Å². The Morgan fingerprint density at radius 2 is 2.22 bits per heavy atom.